The summed E-state index contributed by atoms with van der Waals surface area (Å²) in [5.74, 6) is -1.20. The summed E-state index contributed by atoms with van der Waals surface area (Å²) in [7, 11) is 0. The van der Waals surface area contributed by atoms with Gasteiger partial charge in [-0.15, -0.1) is 0 Å². The summed E-state index contributed by atoms with van der Waals surface area (Å²) in [6.45, 7) is 3.86. The minimum atomic E-state index is -0.804. The molecule has 28 heavy (non-hydrogen) atoms. The molecule has 2 aromatic rings. The molecule has 2 rings (SSSR count). The van der Waals surface area contributed by atoms with Crippen LogP contribution in [0, 0.1) is 6.92 Å². The molecule has 0 aromatic heterocycles. The summed E-state index contributed by atoms with van der Waals surface area (Å²) < 4.78 is 0. The Morgan fingerprint density at radius 1 is 0.893 bits per heavy atom. The Bertz CT molecular complexity index is 804. The smallest absolute Gasteiger partial charge is 0.240 e. The van der Waals surface area contributed by atoms with Gasteiger partial charge in [0.1, 0.15) is 6.04 Å². The van der Waals surface area contributed by atoms with E-state index in [0.717, 1.165) is 16.7 Å². The third kappa shape index (κ3) is 6.87. The molecule has 2 aromatic carbocycles. The molecule has 0 saturated heterocycles. The predicted octanol–water partition coefficient (Wildman–Crippen LogP) is 2.17. The Hall–Kier alpha value is -3.15. The van der Waals surface area contributed by atoms with E-state index < -0.39 is 11.9 Å². The van der Waals surface area contributed by atoms with Crippen LogP contribution in [0.3, 0.4) is 0 Å². The van der Waals surface area contributed by atoms with Gasteiger partial charge in [-0.1, -0.05) is 60.2 Å². The second-order valence-corrected chi connectivity index (χ2v) is 6.91. The maximum atomic E-state index is 12.2. The third-order valence-corrected chi connectivity index (χ3v) is 4.50. The van der Waals surface area contributed by atoms with Gasteiger partial charge in [0.25, 0.3) is 0 Å². The highest BCUT2D eigenvalue weighted by atomic mass is 16.2. The van der Waals surface area contributed by atoms with E-state index >= 15 is 0 Å². The summed E-state index contributed by atoms with van der Waals surface area (Å²) >= 11 is 0. The summed E-state index contributed by atoms with van der Waals surface area (Å²) in [4.78, 5) is 35.9. The van der Waals surface area contributed by atoms with Crippen molar-refractivity contribution in [2.75, 3.05) is 0 Å². The van der Waals surface area contributed by atoms with Gasteiger partial charge < -0.3 is 16.4 Å². The molecule has 0 aliphatic heterocycles. The van der Waals surface area contributed by atoms with Crippen molar-refractivity contribution in [2.45, 2.75) is 45.2 Å². The number of nitrogens with two attached hydrogens (primary N) is 1. The SMILES string of the molecule is Cc1ccc(C[C@@H](NC(=O)CCC(=O)N[C@H](C)c2ccccc2)C(N)=O)cc1. The van der Waals surface area contributed by atoms with Crippen molar-refractivity contribution >= 4 is 17.7 Å². The molecular weight excluding hydrogens is 354 g/mol. The highest BCUT2D eigenvalue weighted by Gasteiger charge is 2.19. The number of aryl methyl sites for hydroxylation is 1. The zero-order chi connectivity index (χ0) is 20.5. The predicted molar refractivity (Wildman–Crippen MR) is 108 cm³/mol. The number of carbonyl (C=O) groups excluding carboxylic acids is 3. The van der Waals surface area contributed by atoms with Gasteiger partial charge >= 0.3 is 0 Å². The molecule has 0 bridgehead atoms. The van der Waals surface area contributed by atoms with Gasteiger partial charge in [0.05, 0.1) is 6.04 Å². The Morgan fingerprint density at radius 3 is 2.04 bits per heavy atom. The normalized spacial score (nSPS) is 12.6. The second-order valence-electron chi connectivity index (χ2n) is 6.91. The maximum Gasteiger partial charge on any atom is 0.240 e. The first-order valence-corrected chi connectivity index (χ1v) is 9.33. The van der Waals surface area contributed by atoms with Crippen LogP contribution in [0.1, 0.15) is 42.5 Å². The van der Waals surface area contributed by atoms with Crippen LogP contribution in [0.15, 0.2) is 54.6 Å². The average Bonchev–Trinajstić information content (AvgIpc) is 2.68. The molecule has 0 spiro atoms. The van der Waals surface area contributed by atoms with Crippen molar-refractivity contribution < 1.29 is 14.4 Å². The lowest BCUT2D eigenvalue weighted by Gasteiger charge is -2.17. The Labute approximate surface area is 165 Å². The van der Waals surface area contributed by atoms with Gasteiger partial charge in [0.2, 0.25) is 17.7 Å². The van der Waals surface area contributed by atoms with Crippen LogP contribution in [-0.2, 0) is 20.8 Å². The molecule has 0 saturated carbocycles. The van der Waals surface area contributed by atoms with Crippen LogP contribution in [0.25, 0.3) is 0 Å². The minimum absolute atomic E-state index is 0.00891. The van der Waals surface area contributed by atoms with Crippen molar-refractivity contribution in [3.63, 3.8) is 0 Å². The van der Waals surface area contributed by atoms with E-state index in [9.17, 15) is 14.4 Å². The molecule has 4 N–H and O–H groups in total. The molecule has 0 heterocycles. The summed E-state index contributed by atoms with van der Waals surface area (Å²) in [6, 6.07) is 16.3. The number of hydrogen-bond donors (Lipinski definition) is 3. The van der Waals surface area contributed by atoms with Crippen molar-refractivity contribution in [3.05, 3.63) is 71.3 Å². The first kappa shape index (κ1) is 21.2. The first-order chi connectivity index (χ1) is 13.3. The summed E-state index contributed by atoms with van der Waals surface area (Å²) in [5.41, 5.74) is 8.43. The largest absolute Gasteiger partial charge is 0.368 e. The van der Waals surface area contributed by atoms with Crippen molar-refractivity contribution in [2.24, 2.45) is 5.73 Å². The number of amides is 3. The molecule has 0 fully saturated rings. The molecule has 0 aliphatic rings. The molecule has 6 heteroatoms. The highest BCUT2D eigenvalue weighted by Crippen LogP contribution is 2.11. The van der Waals surface area contributed by atoms with Crippen LogP contribution in [0.2, 0.25) is 0 Å². The number of rotatable bonds is 9. The topological polar surface area (TPSA) is 101 Å². The third-order valence-electron chi connectivity index (χ3n) is 4.50. The number of benzene rings is 2. The number of carbonyl (C=O) groups is 3. The van der Waals surface area contributed by atoms with Gasteiger partial charge in [-0.2, -0.15) is 0 Å². The lowest BCUT2D eigenvalue weighted by Crippen LogP contribution is -2.46. The van der Waals surface area contributed by atoms with E-state index in [0.29, 0.717) is 6.42 Å². The van der Waals surface area contributed by atoms with E-state index in [2.05, 4.69) is 10.6 Å². The standard InChI is InChI=1S/C22H27N3O3/c1-15-8-10-17(11-9-15)14-19(22(23)28)25-21(27)13-12-20(26)24-16(2)18-6-4-3-5-7-18/h3-11,16,19H,12-14H2,1-2H3,(H2,23,28)(H,24,26)(H,25,27)/t16-,19-/m1/s1. The van der Waals surface area contributed by atoms with Crippen molar-refractivity contribution in [1.82, 2.24) is 10.6 Å². The van der Waals surface area contributed by atoms with E-state index in [1.807, 2.05) is 68.4 Å². The van der Waals surface area contributed by atoms with Gasteiger partial charge in [-0.05, 0) is 25.0 Å². The van der Waals surface area contributed by atoms with Crippen LogP contribution < -0.4 is 16.4 Å². The molecule has 6 nitrogen and oxygen atoms in total. The lowest BCUT2D eigenvalue weighted by molar-refractivity contribution is -0.129. The average molecular weight is 381 g/mol. The van der Waals surface area contributed by atoms with Crippen LogP contribution in [-0.4, -0.2) is 23.8 Å². The van der Waals surface area contributed by atoms with Crippen LogP contribution in [0.4, 0.5) is 0 Å². The minimum Gasteiger partial charge on any atom is -0.368 e. The fraction of sp³-hybridized carbons (Fsp3) is 0.318. The summed E-state index contributed by atoms with van der Waals surface area (Å²) in [6.07, 6.45) is 0.350. The Kier molecular flexibility index (Phi) is 7.75. The Balaban J connectivity index is 1.81. The molecule has 3 amide bonds. The highest BCUT2D eigenvalue weighted by molar-refractivity contribution is 5.88. The van der Waals surface area contributed by atoms with Crippen LogP contribution >= 0.6 is 0 Å². The van der Waals surface area contributed by atoms with E-state index in [-0.39, 0.29) is 30.7 Å². The molecule has 0 unspecified atom stereocenters. The number of nitrogens with one attached hydrogen (secondary N) is 2. The second kappa shape index (κ2) is 10.3. The zero-order valence-electron chi connectivity index (χ0n) is 16.3. The van der Waals surface area contributed by atoms with Gasteiger partial charge in [0, 0.05) is 19.3 Å². The van der Waals surface area contributed by atoms with Gasteiger partial charge in [-0.3, -0.25) is 14.4 Å². The lowest BCUT2D eigenvalue weighted by atomic mass is 10.0. The molecule has 2 atom stereocenters. The quantitative estimate of drug-likeness (QED) is 0.620. The Morgan fingerprint density at radius 2 is 1.46 bits per heavy atom. The maximum absolute atomic E-state index is 12.2. The van der Waals surface area contributed by atoms with E-state index in [1.54, 1.807) is 0 Å². The fourth-order valence-corrected chi connectivity index (χ4v) is 2.81. The molecule has 0 aliphatic carbocycles. The zero-order valence-corrected chi connectivity index (χ0v) is 16.3. The first-order valence-electron chi connectivity index (χ1n) is 9.33. The van der Waals surface area contributed by atoms with E-state index in [1.165, 1.54) is 0 Å². The fourth-order valence-electron chi connectivity index (χ4n) is 2.81. The number of hydrogen-bond acceptors (Lipinski definition) is 3. The van der Waals surface area contributed by atoms with Gasteiger partial charge in [0.15, 0.2) is 0 Å². The molecule has 0 radical (unpaired) electrons. The number of primary amides is 1. The summed E-state index contributed by atoms with van der Waals surface area (Å²) in [5, 5.41) is 5.49. The molecular formula is C22H27N3O3. The van der Waals surface area contributed by atoms with Gasteiger partial charge in [-0.25, -0.2) is 0 Å². The molecule has 148 valence electrons. The van der Waals surface area contributed by atoms with Crippen molar-refractivity contribution in [1.29, 1.82) is 0 Å². The van der Waals surface area contributed by atoms with Crippen molar-refractivity contribution in [3.8, 4) is 0 Å². The van der Waals surface area contributed by atoms with E-state index in [4.69, 9.17) is 5.73 Å². The monoisotopic (exact) mass is 381 g/mol. The van der Waals surface area contributed by atoms with Crippen LogP contribution in [0.5, 0.6) is 0 Å².